The average molecular weight is 799 g/mol. The second-order valence-corrected chi connectivity index (χ2v) is 15.2. The molecule has 0 amide bonds. The smallest absolute Gasteiger partial charge is 0.119 e. The Morgan fingerprint density at radius 1 is 0.417 bits per heavy atom. The van der Waals surface area contributed by atoms with Gasteiger partial charge in [-0.3, -0.25) is 0 Å². The van der Waals surface area contributed by atoms with Crippen molar-refractivity contribution in [1.29, 1.82) is 0 Å². The van der Waals surface area contributed by atoms with Gasteiger partial charge in [-0.1, -0.05) is 115 Å². The molecule has 0 heterocycles. The molecule has 48 heavy (non-hydrogen) atoms. The van der Waals surface area contributed by atoms with E-state index in [0.717, 1.165) is 59.6 Å². The van der Waals surface area contributed by atoms with E-state index in [1.165, 1.54) is 127 Å². The first-order valence-electron chi connectivity index (χ1n) is 19.3. The molecule has 0 saturated heterocycles. The van der Waals surface area contributed by atoms with Gasteiger partial charge in [0.25, 0.3) is 0 Å². The Hall–Kier alpha value is -1.08. The van der Waals surface area contributed by atoms with Gasteiger partial charge < -0.3 is 52.4 Å². The fourth-order valence-electron chi connectivity index (χ4n) is 6.47. The molecule has 2 aromatic rings. The van der Waals surface area contributed by atoms with Crippen LogP contribution in [0.2, 0.25) is 0 Å². The molecule has 2 aromatic carbocycles. The Labute approximate surface area is 319 Å². The number of benzene rings is 2. The summed E-state index contributed by atoms with van der Waals surface area (Å²) in [7, 11) is 9.48. The van der Waals surface area contributed by atoms with E-state index in [1.54, 1.807) is 0 Å². The van der Waals surface area contributed by atoms with Gasteiger partial charge in [0, 0.05) is 12.8 Å². The number of hydrogen-bond donors (Lipinski definition) is 0. The minimum atomic E-state index is 0. The normalized spacial score (nSPS) is 11.5. The number of quaternary nitrogens is 2. The predicted molar refractivity (Wildman–Crippen MR) is 201 cm³/mol. The van der Waals surface area contributed by atoms with Crippen LogP contribution in [-0.4, -0.2) is 76.5 Å². The van der Waals surface area contributed by atoms with Crippen LogP contribution in [0.1, 0.15) is 129 Å². The number of nitrogens with zero attached hydrogens (tertiary/aromatic N) is 2. The maximum Gasteiger partial charge on any atom is 0.119 e. The van der Waals surface area contributed by atoms with Gasteiger partial charge in [-0.2, -0.15) is 0 Å². The summed E-state index contributed by atoms with van der Waals surface area (Å²) in [5.74, 6) is 1.90. The van der Waals surface area contributed by atoms with Crippen LogP contribution in [0.4, 0.5) is 0 Å². The highest BCUT2D eigenvalue weighted by molar-refractivity contribution is 5.66. The van der Waals surface area contributed by atoms with Crippen molar-refractivity contribution in [2.24, 2.45) is 0 Å². The first-order valence-corrected chi connectivity index (χ1v) is 19.3. The van der Waals surface area contributed by atoms with Crippen molar-refractivity contribution in [3.8, 4) is 22.6 Å². The average Bonchev–Trinajstić information content (AvgIpc) is 3.04. The lowest BCUT2D eigenvalue weighted by Crippen LogP contribution is -3.00. The number of rotatable bonds is 29. The molecule has 0 spiro atoms. The third-order valence-corrected chi connectivity index (χ3v) is 9.59. The molecule has 4 nitrogen and oxygen atoms in total. The molecule has 0 aliphatic carbocycles. The number of hydrogen-bond acceptors (Lipinski definition) is 2. The molecule has 2 rings (SSSR count). The molecule has 0 fully saturated rings. The van der Waals surface area contributed by atoms with Gasteiger partial charge in [0.05, 0.1) is 67.6 Å². The Morgan fingerprint density at radius 3 is 1.08 bits per heavy atom. The summed E-state index contributed by atoms with van der Waals surface area (Å²) in [5, 5.41) is 0. The molecule has 0 saturated carbocycles. The van der Waals surface area contributed by atoms with Crippen LogP contribution in [0, 0.1) is 0 Å². The van der Waals surface area contributed by atoms with Gasteiger partial charge >= 0.3 is 0 Å². The molecule has 278 valence electrons. The Kier molecular flexibility index (Phi) is 28.0. The Morgan fingerprint density at radius 2 is 0.729 bits per heavy atom. The van der Waals surface area contributed by atoms with E-state index in [2.05, 4.69) is 90.6 Å². The summed E-state index contributed by atoms with van der Waals surface area (Å²) in [6.07, 6.45) is 24.3. The molecular formula is C42H74Br2N2O2. The van der Waals surface area contributed by atoms with E-state index in [1.807, 2.05) is 0 Å². The van der Waals surface area contributed by atoms with Crippen LogP contribution in [0.25, 0.3) is 11.1 Å². The molecule has 0 unspecified atom stereocenters. The fourth-order valence-corrected chi connectivity index (χ4v) is 6.47. The first kappa shape index (κ1) is 46.9. The van der Waals surface area contributed by atoms with Crippen molar-refractivity contribution in [2.45, 2.75) is 129 Å². The topological polar surface area (TPSA) is 18.5 Å². The van der Waals surface area contributed by atoms with E-state index < -0.39 is 0 Å². The van der Waals surface area contributed by atoms with Crippen LogP contribution in [-0.2, 0) is 0 Å². The summed E-state index contributed by atoms with van der Waals surface area (Å²) in [6, 6.07) is 17.0. The van der Waals surface area contributed by atoms with E-state index in [4.69, 9.17) is 9.47 Å². The van der Waals surface area contributed by atoms with E-state index in [9.17, 15) is 0 Å². The maximum atomic E-state index is 6.21. The zero-order valence-electron chi connectivity index (χ0n) is 32.1. The Balaban J connectivity index is 0.0000110. The van der Waals surface area contributed by atoms with Crippen molar-refractivity contribution < 1.29 is 52.4 Å². The van der Waals surface area contributed by atoms with Gasteiger partial charge in [0.2, 0.25) is 0 Å². The second kappa shape index (κ2) is 28.6. The molecular weight excluding hydrogens is 724 g/mol. The van der Waals surface area contributed by atoms with Gasteiger partial charge in [0.15, 0.2) is 0 Å². The quantitative estimate of drug-likeness (QED) is 0.0820. The molecule has 0 N–H and O–H groups in total. The molecule has 0 aliphatic rings. The van der Waals surface area contributed by atoms with Gasteiger partial charge in [0.1, 0.15) is 11.5 Å². The molecule has 0 atom stereocenters. The second-order valence-electron chi connectivity index (χ2n) is 15.2. The molecule has 0 radical (unpaired) electrons. The lowest BCUT2D eigenvalue weighted by molar-refractivity contribution is -0.890. The first-order chi connectivity index (χ1) is 22.2. The van der Waals surface area contributed by atoms with Crippen LogP contribution >= 0.6 is 0 Å². The van der Waals surface area contributed by atoms with Crippen molar-refractivity contribution in [3.05, 3.63) is 48.5 Å². The number of unbranched alkanes of at least 4 members (excludes halogenated alkanes) is 14. The van der Waals surface area contributed by atoms with Gasteiger partial charge in [-0.25, -0.2) is 0 Å². The van der Waals surface area contributed by atoms with E-state index in [-0.39, 0.29) is 34.0 Å². The van der Waals surface area contributed by atoms with Crippen molar-refractivity contribution in [3.63, 3.8) is 0 Å². The largest absolute Gasteiger partial charge is 1.00 e. The molecule has 0 bridgehead atoms. The van der Waals surface area contributed by atoms with E-state index in [0.29, 0.717) is 0 Å². The monoisotopic (exact) mass is 796 g/mol. The lowest BCUT2D eigenvalue weighted by Gasteiger charge is -2.30. The summed E-state index contributed by atoms with van der Waals surface area (Å²) >= 11 is 0. The standard InChI is InChI=1S/C42H74N2O2.2BrH/c1-7-9-11-13-15-17-19-21-31-43(3,4)33-25-35-45-41-29-23-27-39(37-41)40-28-24-30-42(38-40)46-36-26-34-44(5,6)32-22-20-18-16-14-12-10-8-2;;/h23-24,27-30,37-38H,7-22,25-26,31-36H2,1-6H3;2*1H/q+2;;/p-2. The number of halogens is 2. The highest BCUT2D eigenvalue weighted by Gasteiger charge is 2.15. The summed E-state index contributed by atoms with van der Waals surface area (Å²) in [6.45, 7) is 10.9. The molecule has 6 heteroatoms. The fraction of sp³-hybridized carbons (Fsp3) is 0.714. The van der Waals surface area contributed by atoms with Gasteiger partial charge in [-0.05, 0) is 61.1 Å². The van der Waals surface area contributed by atoms with Crippen LogP contribution in [0.15, 0.2) is 48.5 Å². The SMILES string of the molecule is CCCCCCCCCC[N+](C)(C)CCCOc1cccc(-c2cccc(OCCC[N+](C)(C)CCCCCCCCCC)c2)c1.[Br-].[Br-]. The minimum Gasteiger partial charge on any atom is -1.00 e. The van der Waals surface area contributed by atoms with Crippen molar-refractivity contribution >= 4 is 0 Å². The highest BCUT2D eigenvalue weighted by atomic mass is 79.9. The third-order valence-electron chi connectivity index (χ3n) is 9.59. The summed E-state index contributed by atoms with van der Waals surface area (Å²) < 4.78 is 14.6. The maximum absolute atomic E-state index is 6.21. The highest BCUT2D eigenvalue weighted by Crippen LogP contribution is 2.27. The molecule has 0 aromatic heterocycles. The van der Waals surface area contributed by atoms with Crippen LogP contribution in [0.3, 0.4) is 0 Å². The summed E-state index contributed by atoms with van der Waals surface area (Å²) in [5.41, 5.74) is 2.36. The van der Waals surface area contributed by atoms with Crippen LogP contribution in [0.5, 0.6) is 11.5 Å². The van der Waals surface area contributed by atoms with Gasteiger partial charge in [-0.15, -0.1) is 0 Å². The molecule has 0 aliphatic heterocycles. The van der Waals surface area contributed by atoms with Crippen molar-refractivity contribution in [1.82, 2.24) is 0 Å². The number of ether oxygens (including phenoxy) is 2. The zero-order chi connectivity index (χ0) is 33.4. The third kappa shape index (κ3) is 23.3. The zero-order valence-corrected chi connectivity index (χ0v) is 35.2. The van der Waals surface area contributed by atoms with Crippen LogP contribution < -0.4 is 43.4 Å². The lowest BCUT2D eigenvalue weighted by atomic mass is 10.1. The minimum absolute atomic E-state index is 0. The summed E-state index contributed by atoms with van der Waals surface area (Å²) in [4.78, 5) is 0. The van der Waals surface area contributed by atoms with E-state index >= 15 is 0 Å². The Bertz CT molecular complexity index is 949. The van der Waals surface area contributed by atoms with Crippen molar-refractivity contribution in [2.75, 3.05) is 67.6 Å². The predicted octanol–water partition coefficient (Wildman–Crippen LogP) is 5.33.